The van der Waals surface area contributed by atoms with Crippen LogP contribution in [0, 0.1) is 12.7 Å². The maximum atomic E-state index is 13.2. The molecule has 0 bridgehead atoms. The van der Waals surface area contributed by atoms with Crippen LogP contribution in [0.5, 0.6) is 0 Å². The molecule has 6 nitrogen and oxygen atoms in total. The predicted octanol–water partition coefficient (Wildman–Crippen LogP) is 2.63. The highest BCUT2D eigenvalue weighted by Gasteiger charge is 2.24. The van der Waals surface area contributed by atoms with E-state index >= 15 is 0 Å². The van der Waals surface area contributed by atoms with Gasteiger partial charge in [-0.05, 0) is 36.8 Å². The summed E-state index contributed by atoms with van der Waals surface area (Å²) in [5.74, 6) is -2.05. The molecule has 2 aromatic heterocycles. The van der Waals surface area contributed by atoms with Crippen LogP contribution in [0.4, 0.5) is 4.39 Å². The van der Waals surface area contributed by atoms with Gasteiger partial charge in [-0.15, -0.1) is 0 Å². The predicted molar refractivity (Wildman–Crippen MR) is 84.3 cm³/mol. The molecule has 7 heteroatoms. The van der Waals surface area contributed by atoms with Crippen LogP contribution in [-0.4, -0.2) is 28.0 Å². The quantitative estimate of drug-likeness (QED) is 0.670. The minimum absolute atomic E-state index is 0.0620. The maximum Gasteiger partial charge on any atom is 0.326 e. The van der Waals surface area contributed by atoms with E-state index < -0.39 is 17.9 Å². The van der Waals surface area contributed by atoms with Crippen molar-refractivity contribution in [1.82, 2.24) is 10.3 Å². The number of hydrogen-bond donors (Lipinski definition) is 3. The standard InChI is InChI=1S/C17H15FN2O4/c1-9-4-5-24-15(9)16(21)20-14(17(22)23)6-10-8-19-13-7-11(18)2-3-12(10)13/h2-5,7-8,14,19H,6H2,1H3,(H,20,21)(H,22,23)/t14-/m1/s1. The Balaban J connectivity index is 1.82. The fourth-order valence-electron chi connectivity index (χ4n) is 2.58. The van der Waals surface area contributed by atoms with Gasteiger partial charge in [-0.2, -0.15) is 0 Å². The number of nitrogens with one attached hydrogen (secondary N) is 2. The molecule has 0 saturated carbocycles. The van der Waals surface area contributed by atoms with Crippen molar-refractivity contribution in [2.75, 3.05) is 0 Å². The van der Waals surface area contributed by atoms with Crippen LogP contribution in [-0.2, 0) is 11.2 Å². The van der Waals surface area contributed by atoms with E-state index in [0.717, 1.165) is 0 Å². The van der Waals surface area contributed by atoms with E-state index in [-0.39, 0.29) is 18.0 Å². The SMILES string of the molecule is Cc1ccoc1C(=O)N[C@H](Cc1c[nH]c2cc(F)ccc12)C(=O)O. The number of H-pyrrole nitrogens is 1. The topological polar surface area (TPSA) is 95.3 Å². The number of carboxylic acid groups (broad SMARTS) is 1. The number of aliphatic carboxylic acids is 1. The fraction of sp³-hybridized carbons (Fsp3) is 0.176. The number of benzene rings is 1. The van der Waals surface area contributed by atoms with E-state index in [1.807, 2.05) is 0 Å². The van der Waals surface area contributed by atoms with E-state index in [0.29, 0.717) is 22.0 Å². The number of furan rings is 1. The Hall–Kier alpha value is -3.09. The van der Waals surface area contributed by atoms with E-state index in [9.17, 15) is 19.1 Å². The van der Waals surface area contributed by atoms with Crippen LogP contribution in [0.25, 0.3) is 10.9 Å². The van der Waals surface area contributed by atoms with Crippen LogP contribution in [0.15, 0.2) is 41.1 Å². The van der Waals surface area contributed by atoms with Gasteiger partial charge in [-0.25, -0.2) is 9.18 Å². The Morgan fingerprint density at radius 1 is 1.38 bits per heavy atom. The van der Waals surface area contributed by atoms with E-state index in [1.165, 1.54) is 18.4 Å². The maximum absolute atomic E-state index is 13.2. The van der Waals surface area contributed by atoms with Crippen molar-refractivity contribution in [3.63, 3.8) is 0 Å². The van der Waals surface area contributed by atoms with Crippen LogP contribution < -0.4 is 5.32 Å². The van der Waals surface area contributed by atoms with Crippen LogP contribution in [0.2, 0.25) is 0 Å². The lowest BCUT2D eigenvalue weighted by molar-refractivity contribution is -0.139. The number of aromatic nitrogens is 1. The van der Waals surface area contributed by atoms with Gasteiger partial charge in [0.2, 0.25) is 0 Å². The number of rotatable bonds is 5. The molecule has 0 spiro atoms. The molecular weight excluding hydrogens is 315 g/mol. The minimum Gasteiger partial charge on any atom is -0.480 e. The third-order valence-electron chi connectivity index (χ3n) is 3.83. The van der Waals surface area contributed by atoms with Crippen molar-refractivity contribution in [2.45, 2.75) is 19.4 Å². The summed E-state index contributed by atoms with van der Waals surface area (Å²) in [4.78, 5) is 26.5. The summed E-state index contributed by atoms with van der Waals surface area (Å²) < 4.78 is 18.3. The number of halogens is 1. The molecule has 1 atom stereocenters. The van der Waals surface area contributed by atoms with Gasteiger partial charge in [-0.3, -0.25) is 4.79 Å². The molecule has 0 aliphatic heterocycles. The average Bonchev–Trinajstić information content (AvgIpc) is 3.12. The molecule has 0 radical (unpaired) electrons. The number of hydrogen-bond acceptors (Lipinski definition) is 3. The van der Waals surface area contributed by atoms with E-state index in [4.69, 9.17) is 4.42 Å². The lowest BCUT2D eigenvalue weighted by Gasteiger charge is -2.13. The van der Waals surface area contributed by atoms with Crippen molar-refractivity contribution < 1.29 is 23.5 Å². The molecule has 124 valence electrons. The number of aromatic amines is 1. The summed E-state index contributed by atoms with van der Waals surface area (Å²) >= 11 is 0. The molecule has 0 saturated heterocycles. The zero-order valence-corrected chi connectivity index (χ0v) is 12.8. The van der Waals surface area contributed by atoms with E-state index in [1.54, 1.807) is 25.3 Å². The summed E-state index contributed by atoms with van der Waals surface area (Å²) in [6.07, 6.45) is 3.05. The largest absolute Gasteiger partial charge is 0.480 e. The molecule has 0 aliphatic rings. The summed E-state index contributed by atoms with van der Waals surface area (Å²) in [6.45, 7) is 1.70. The Morgan fingerprint density at radius 3 is 2.83 bits per heavy atom. The first-order chi connectivity index (χ1) is 11.5. The van der Waals surface area contributed by atoms with Gasteiger partial charge in [0.05, 0.1) is 6.26 Å². The average molecular weight is 330 g/mol. The number of amides is 1. The molecule has 3 aromatic rings. The second-order valence-electron chi connectivity index (χ2n) is 5.50. The Labute approximate surface area is 136 Å². The zero-order chi connectivity index (χ0) is 17.3. The highest BCUT2D eigenvalue weighted by molar-refractivity contribution is 5.95. The smallest absolute Gasteiger partial charge is 0.326 e. The lowest BCUT2D eigenvalue weighted by Crippen LogP contribution is -2.42. The third-order valence-corrected chi connectivity index (χ3v) is 3.83. The van der Waals surface area contributed by atoms with Crippen LogP contribution in [0.1, 0.15) is 21.7 Å². The Kier molecular flexibility index (Phi) is 4.07. The lowest BCUT2D eigenvalue weighted by atomic mass is 10.0. The summed E-state index contributed by atoms with van der Waals surface area (Å²) in [5.41, 5.74) is 1.87. The highest BCUT2D eigenvalue weighted by Crippen LogP contribution is 2.21. The first-order valence-electron chi connectivity index (χ1n) is 7.29. The molecule has 2 heterocycles. The molecule has 0 unspecified atom stereocenters. The molecule has 1 amide bonds. The molecular formula is C17H15FN2O4. The van der Waals surface area contributed by atoms with Crippen molar-refractivity contribution in [3.05, 3.63) is 59.4 Å². The van der Waals surface area contributed by atoms with Gasteiger partial charge >= 0.3 is 5.97 Å². The van der Waals surface area contributed by atoms with Gasteiger partial charge in [-0.1, -0.05) is 0 Å². The van der Waals surface area contributed by atoms with Gasteiger partial charge in [0.25, 0.3) is 5.91 Å². The van der Waals surface area contributed by atoms with Gasteiger partial charge in [0.1, 0.15) is 11.9 Å². The summed E-state index contributed by atoms with van der Waals surface area (Å²) in [7, 11) is 0. The molecule has 3 N–H and O–H groups in total. The first-order valence-corrected chi connectivity index (χ1v) is 7.29. The fourth-order valence-corrected chi connectivity index (χ4v) is 2.58. The zero-order valence-electron chi connectivity index (χ0n) is 12.8. The van der Waals surface area contributed by atoms with Crippen LogP contribution in [0.3, 0.4) is 0 Å². The molecule has 0 fully saturated rings. The van der Waals surface area contributed by atoms with Gasteiger partial charge < -0.3 is 19.8 Å². The van der Waals surface area contributed by atoms with Crippen molar-refractivity contribution in [3.8, 4) is 0 Å². The number of carbonyl (C=O) groups excluding carboxylic acids is 1. The van der Waals surface area contributed by atoms with Gasteiger partial charge in [0, 0.05) is 29.1 Å². The molecule has 1 aromatic carbocycles. The Morgan fingerprint density at radius 2 is 2.17 bits per heavy atom. The molecule has 24 heavy (non-hydrogen) atoms. The van der Waals surface area contributed by atoms with Crippen molar-refractivity contribution in [1.29, 1.82) is 0 Å². The summed E-state index contributed by atoms with van der Waals surface area (Å²) in [5, 5.41) is 12.6. The first kappa shape index (κ1) is 15.8. The van der Waals surface area contributed by atoms with Gasteiger partial charge in [0.15, 0.2) is 5.76 Å². The van der Waals surface area contributed by atoms with Crippen LogP contribution >= 0.6 is 0 Å². The second-order valence-corrected chi connectivity index (χ2v) is 5.50. The summed E-state index contributed by atoms with van der Waals surface area (Å²) in [6, 6.07) is 4.71. The highest BCUT2D eigenvalue weighted by atomic mass is 19.1. The number of aryl methyl sites for hydroxylation is 1. The monoisotopic (exact) mass is 330 g/mol. The number of carbonyl (C=O) groups is 2. The van der Waals surface area contributed by atoms with E-state index in [2.05, 4.69) is 10.3 Å². The van der Waals surface area contributed by atoms with Crippen molar-refractivity contribution in [2.24, 2.45) is 0 Å². The molecule has 3 rings (SSSR count). The van der Waals surface area contributed by atoms with Crippen molar-refractivity contribution >= 4 is 22.8 Å². The number of fused-ring (bicyclic) bond motifs is 1. The minimum atomic E-state index is -1.16. The number of carboxylic acids is 1. The normalized spacial score (nSPS) is 12.2. The molecule has 0 aliphatic carbocycles. The Bertz CT molecular complexity index is 912. The second kappa shape index (κ2) is 6.19. The third kappa shape index (κ3) is 3.01.